The lowest BCUT2D eigenvalue weighted by molar-refractivity contribution is 0.377. The summed E-state index contributed by atoms with van der Waals surface area (Å²) in [6.45, 7) is 11.8. The van der Waals surface area contributed by atoms with Crippen LogP contribution in [0.1, 0.15) is 47.0 Å². The summed E-state index contributed by atoms with van der Waals surface area (Å²) in [6, 6.07) is 0. The number of hydrogen-bond donors (Lipinski definition) is 2. The molecule has 2 N–H and O–H groups in total. The van der Waals surface area contributed by atoms with Gasteiger partial charge in [-0.25, -0.2) is 0 Å². The number of guanidine groups is 1. The summed E-state index contributed by atoms with van der Waals surface area (Å²) in [6.07, 6.45) is 3.85. The molecule has 0 aromatic rings. The summed E-state index contributed by atoms with van der Waals surface area (Å²) in [7, 11) is 0. The standard InChI is InChI=1S/C14H29N3S.HI/c1-5-15-13(16-9-8-14(2,3)4)17-11-12-7-6-10-18-12;/h12H,5-11H2,1-4H3,(H2,15,16,17);1H. The minimum atomic E-state index is 0. The van der Waals surface area contributed by atoms with E-state index in [2.05, 4.69) is 55.1 Å². The average molecular weight is 399 g/mol. The fourth-order valence-corrected chi connectivity index (χ4v) is 3.06. The third kappa shape index (κ3) is 9.82. The van der Waals surface area contributed by atoms with Gasteiger partial charge in [0, 0.05) is 18.3 Å². The van der Waals surface area contributed by atoms with Crippen LogP contribution >= 0.6 is 35.7 Å². The van der Waals surface area contributed by atoms with Crippen molar-refractivity contribution in [2.24, 2.45) is 10.4 Å². The molecule has 1 saturated heterocycles. The van der Waals surface area contributed by atoms with E-state index in [1.807, 2.05) is 0 Å². The third-order valence-electron chi connectivity index (χ3n) is 2.99. The van der Waals surface area contributed by atoms with E-state index in [0.717, 1.165) is 37.3 Å². The van der Waals surface area contributed by atoms with Crippen molar-refractivity contribution in [1.82, 2.24) is 10.6 Å². The Hall–Kier alpha value is 0.350. The van der Waals surface area contributed by atoms with Crippen molar-refractivity contribution in [3.8, 4) is 0 Å². The Kier molecular flexibility index (Phi) is 10.3. The summed E-state index contributed by atoms with van der Waals surface area (Å²) in [5.41, 5.74) is 0.381. The Morgan fingerprint density at radius 2 is 2.05 bits per heavy atom. The second-order valence-corrected chi connectivity index (χ2v) is 7.50. The minimum Gasteiger partial charge on any atom is -0.357 e. The molecular formula is C14H30IN3S. The van der Waals surface area contributed by atoms with Crippen LogP contribution in [0.15, 0.2) is 4.99 Å². The van der Waals surface area contributed by atoms with Gasteiger partial charge in [0.05, 0.1) is 6.54 Å². The smallest absolute Gasteiger partial charge is 0.191 e. The average Bonchev–Trinajstić information content (AvgIpc) is 2.77. The monoisotopic (exact) mass is 399 g/mol. The first-order valence-electron chi connectivity index (χ1n) is 7.15. The fraction of sp³-hybridized carbons (Fsp3) is 0.929. The maximum atomic E-state index is 4.69. The van der Waals surface area contributed by atoms with Gasteiger partial charge >= 0.3 is 0 Å². The van der Waals surface area contributed by atoms with Gasteiger partial charge in [-0.05, 0) is 37.4 Å². The number of rotatable bonds is 5. The first-order valence-corrected chi connectivity index (χ1v) is 8.20. The molecule has 114 valence electrons. The molecule has 1 unspecified atom stereocenters. The van der Waals surface area contributed by atoms with E-state index in [9.17, 15) is 0 Å². The van der Waals surface area contributed by atoms with Gasteiger partial charge in [0.1, 0.15) is 0 Å². The molecule has 1 heterocycles. The molecule has 5 heteroatoms. The van der Waals surface area contributed by atoms with E-state index in [1.54, 1.807) is 0 Å². The quantitative estimate of drug-likeness (QED) is 0.422. The second-order valence-electron chi connectivity index (χ2n) is 6.09. The summed E-state index contributed by atoms with van der Waals surface area (Å²) in [5, 5.41) is 7.49. The van der Waals surface area contributed by atoms with Gasteiger partial charge in [-0.3, -0.25) is 4.99 Å². The van der Waals surface area contributed by atoms with Crippen molar-refractivity contribution in [3.05, 3.63) is 0 Å². The first-order chi connectivity index (χ1) is 8.51. The Morgan fingerprint density at radius 3 is 2.58 bits per heavy atom. The van der Waals surface area contributed by atoms with E-state index in [-0.39, 0.29) is 24.0 Å². The van der Waals surface area contributed by atoms with E-state index < -0.39 is 0 Å². The number of hydrogen-bond acceptors (Lipinski definition) is 2. The summed E-state index contributed by atoms with van der Waals surface area (Å²) >= 11 is 2.07. The van der Waals surface area contributed by atoms with Gasteiger partial charge in [-0.2, -0.15) is 11.8 Å². The molecule has 0 radical (unpaired) electrons. The third-order valence-corrected chi connectivity index (χ3v) is 4.37. The van der Waals surface area contributed by atoms with Crippen molar-refractivity contribution in [1.29, 1.82) is 0 Å². The molecule has 0 aliphatic carbocycles. The lowest BCUT2D eigenvalue weighted by Gasteiger charge is -2.19. The van der Waals surface area contributed by atoms with Gasteiger partial charge in [0.2, 0.25) is 0 Å². The van der Waals surface area contributed by atoms with Crippen LogP contribution in [0.2, 0.25) is 0 Å². The molecule has 1 fully saturated rings. The SMILES string of the molecule is CCNC(=NCC1CCCS1)NCCC(C)(C)C.I. The zero-order chi connectivity index (χ0) is 13.4. The van der Waals surface area contributed by atoms with E-state index >= 15 is 0 Å². The van der Waals surface area contributed by atoms with Crippen molar-refractivity contribution in [3.63, 3.8) is 0 Å². The van der Waals surface area contributed by atoms with Crippen LogP contribution in [0.3, 0.4) is 0 Å². The van der Waals surface area contributed by atoms with Crippen LogP contribution < -0.4 is 10.6 Å². The lowest BCUT2D eigenvalue weighted by atomic mass is 9.92. The first kappa shape index (κ1) is 19.4. The van der Waals surface area contributed by atoms with E-state index in [0.29, 0.717) is 5.41 Å². The highest BCUT2D eigenvalue weighted by Gasteiger charge is 2.15. The summed E-state index contributed by atoms with van der Waals surface area (Å²) < 4.78 is 0. The highest BCUT2D eigenvalue weighted by molar-refractivity contribution is 14.0. The molecule has 1 rings (SSSR count). The van der Waals surface area contributed by atoms with Crippen molar-refractivity contribution in [2.75, 3.05) is 25.4 Å². The molecule has 0 amide bonds. The number of aliphatic imine (C=N–C) groups is 1. The molecule has 3 nitrogen and oxygen atoms in total. The van der Waals surface area contributed by atoms with Crippen molar-refractivity contribution < 1.29 is 0 Å². The number of halogens is 1. The Bertz CT molecular complexity index is 258. The van der Waals surface area contributed by atoms with Crippen molar-refractivity contribution >= 4 is 41.7 Å². The van der Waals surface area contributed by atoms with Crippen LogP contribution in [0.5, 0.6) is 0 Å². The predicted molar refractivity (Wildman–Crippen MR) is 98.9 cm³/mol. The Labute approximate surface area is 140 Å². The number of nitrogens with one attached hydrogen (secondary N) is 2. The highest BCUT2D eigenvalue weighted by atomic mass is 127. The predicted octanol–water partition coefficient (Wildman–Crippen LogP) is 3.49. The zero-order valence-corrected chi connectivity index (χ0v) is 15.9. The number of thioether (sulfide) groups is 1. The normalized spacial score (nSPS) is 20.0. The summed E-state index contributed by atoms with van der Waals surface area (Å²) in [5.74, 6) is 2.29. The topological polar surface area (TPSA) is 36.4 Å². The van der Waals surface area contributed by atoms with Crippen molar-refractivity contribution in [2.45, 2.75) is 52.2 Å². The highest BCUT2D eigenvalue weighted by Crippen LogP contribution is 2.26. The summed E-state index contributed by atoms with van der Waals surface area (Å²) in [4.78, 5) is 4.69. The number of nitrogens with zero attached hydrogens (tertiary/aromatic N) is 1. The Balaban J connectivity index is 0.00000324. The molecule has 1 atom stereocenters. The maximum Gasteiger partial charge on any atom is 0.191 e. The van der Waals surface area contributed by atoms with E-state index in [4.69, 9.17) is 0 Å². The van der Waals surface area contributed by atoms with Crippen LogP contribution in [0.25, 0.3) is 0 Å². The zero-order valence-electron chi connectivity index (χ0n) is 12.8. The van der Waals surface area contributed by atoms with Gasteiger partial charge < -0.3 is 10.6 Å². The Morgan fingerprint density at radius 1 is 1.32 bits per heavy atom. The maximum absolute atomic E-state index is 4.69. The van der Waals surface area contributed by atoms with Gasteiger partial charge in [0.15, 0.2) is 5.96 Å². The van der Waals surface area contributed by atoms with Crippen LogP contribution in [0, 0.1) is 5.41 Å². The van der Waals surface area contributed by atoms with Gasteiger partial charge in [-0.1, -0.05) is 20.8 Å². The lowest BCUT2D eigenvalue weighted by Crippen LogP contribution is -2.39. The van der Waals surface area contributed by atoms with Crippen LogP contribution in [0.4, 0.5) is 0 Å². The molecule has 1 aliphatic heterocycles. The molecule has 0 aromatic heterocycles. The molecule has 0 saturated carbocycles. The van der Waals surface area contributed by atoms with Gasteiger partial charge in [0.25, 0.3) is 0 Å². The molecule has 0 spiro atoms. The van der Waals surface area contributed by atoms with E-state index in [1.165, 1.54) is 18.6 Å². The van der Waals surface area contributed by atoms with Crippen LogP contribution in [-0.4, -0.2) is 36.6 Å². The molecular weight excluding hydrogens is 369 g/mol. The largest absolute Gasteiger partial charge is 0.357 e. The molecule has 0 aromatic carbocycles. The molecule has 1 aliphatic rings. The minimum absolute atomic E-state index is 0. The fourth-order valence-electron chi connectivity index (χ4n) is 1.88. The van der Waals surface area contributed by atoms with Gasteiger partial charge in [-0.15, -0.1) is 24.0 Å². The second kappa shape index (κ2) is 10.1. The molecule has 19 heavy (non-hydrogen) atoms. The van der Waals surface area contributed by atoms with Crippen LogP contribution in [-0.2, 0) is 0 Å². The molecule has 0 bridgehead atoms.